The molecular weight excluding hydrogens is 170 g/mol. The van der Waals surface area contributed by atoms with Gasteiger partial charge in [-0.25, -0.2) is 0 Å². The molecule has 0 radical (unpaired) electrons. The summed E-state index contributed by atoms with van der Waals surface area (Å²) in [5, 5.41) is 2.54. The van der Waals surface area contributed by atoms with Gasteiger partial charge in [-0.3, -0.25) is 4.99 Å². The molecule has 0 aliphatic carbocycles. The number of hydrogen-bond acceptors (Lipinski definition) is 1. The SMILES string of the molecule is C=NC(C)c1cccc2ccccc12. The van der Waals surface area contributed by atoms with Crippen LogP contribution in [0.4, 0.5) is 0 Å². The number of hydrogen-bond donors (Lipinski definition) is 0. The van der Waals surface area contributed by atoms with Crippen molar-refractivity contribution < 1.29 is 0 Å². The summed E-state index contributed by atoms with van der Waals surface area (Å²) in [6.07, 6.45) is 0. The van der Waals surface area contributed by atoms with E-state index in [4.69, 9.17) is 0 Å². The Hall–Kier alpha value is -1.63. The zero-order chi connectivity index (χ0) is 9.97. The Morgan fingerprint density at radius 3 is 2.57 bits per heavy atom. The molecule has 0 aliphatic heterocycles. The summed E-state index contributed by atoms with van der Waals surface area (Å²) in [5.74, 6) is 0. The Kier molecular flexibility index (Phi) is 2.32. The maximum Gasteiger partial charge on any atom is 0.0719 e. The monoisotopic (exact) mass is 183 g/mol. The van der Waals surface area contributed by atoms with E-state index in [-0.39, 0.29) is 6.04 Å². The number of rotatable bonds is 2. The van der Waals surface area contributed by atoms with Gasteiger partial charge < -0.3 is 0 Å². The van der Waals surface area contributed by atoms with E-state index in [9.17, 15) is 0 Å². The summed E-state index contributed by atoms with van der Waals surface area (Å²) in [5.41, 5.74) is 1.25. The largest absolute Gasteiger partial charge is 0.293 e. The lowest BCUT2D eigenvalue weighted by Crippen LogP contribution is -1.90. The third-order valence-corrected chi connectivity index (χ3v) is 2.55. The minimum Gasteiger partial charge on any atom is -0.293 e. The molecule has 0 aliphatic rings. The Labute approximate surface area is 84.1 Å². The molecule has 0 saturated heterocycles. The maximum absolute atomic E-state index is 4.06. The first kappa shape index (κ1) is 8.95. The Bertz CT molecular complexity index is 454. The molecule has 1 atom stereocenters. The van der Waals surface area contributed by atoms with Crippen LogP contribution in [0, 0.1) is 0 Å². The van der Waals surface area contributed by atoms with Gasteiger partial charge in [-0.05, 0) is 30.0 Å². The fraction of sp³-hybridized carbons (Fsp3) is 0.154. The minimum atomic E-state index is 0.168. The van der Waals surface area contributed by atoms with E-state index in [1.165, 1.54) is 16.3 Å². The Morgan fingerprint density at radius 1 is 1.07 bits per heavy atom. The smallest absolute Gasteiger partial charge is 0.0719 e. The third kappa shape index (κ3) is 1.41. The highest BCUT2D eigenvalue weighted by Crippen LogP contribution is 2.25. The van der Waals surface area contributed by atoms with E-state index < -0.39 is 0 Å². The standard InChI is InChI=1S/C13H13N/c1-10(14-2)12-9-5-7-11-6-3-4-8-13(11)12/h3-10H,2H2,1H3. The van der Waals surface area contributed by atoms with Crippen LogP contribution < -0.4 is 0 Å². The highest BCUT2D eigenvalue weighted by atomic mass is 14.7. The van der Waals surface area contributed by atoms with Crippen LogP contribution in [0.1, 0.15) is 18.5 Å². The van der Waals surface area contributed by atoms with E-state index in [1.807, 2.05) is 0 Å². The van der Waals surface area contributed by atoms with E-state index in [0.29, 0.717) is 0 Å². The van der Waals surface area contributed by atoms with Crippen molar-refractivity contribution >= 4 is 17.5 Å². The van der Waals surface area contributed by atoms with Crippen LogP contribution in [0.5, 0.6) is 0 Å². The molecule has 1 heteroatoms. The predicted octanol–water partition coefficient (Wildman–Crippen LogP) is 3.60. The van der Waals surface area contributed by atoms with Crippen molar-refractivity contribution in [2.75, 3.05) is 0 Å². The first-order valence-corrected chi connectivity index (χ1v) is 4.76. The summed E-state index contributed by atoms with van der Waals surface area (Å²) >= 11 is 0. The first-order chi connectivity index (χ1) is 6.83. The van der Waals surface area contributed by atoms with Crippen molar-refractivity contribution in [2.45, 2.75) is 13.0 Å². The predicted molar refractivity (Wildman–Crippen MR) is 61.9 cm³/mol. The van der Waals surface area contributed by atoms with Gasteiger partial charge in [0, 0.05) is 0 Å². The quantitative estimate of drug-likeness (QED) is 0.631. The van der Waals surface area contributed by atoms with Gasteiger partial charge in [-0.1, -0.05) is 42.5 Å². The summed E-state index contributed by atoms with van der Waals surface area (Å²) in [4.78, 5) is 4.06. The molecule has 70 valence electrons. The van der Waals surface area contributed by atoms with Gasteiger partial charge in [-0.2, -0.15) is 0 Å². The topological polar surface area (TPSA) is 12.4 Å². The van der Waals surface area contributed by atoms with Gasteiger partial charge in [0.2, 0.25) is 0 Å². The number of benzene rings is 2. The fourth-order valence-electron chi connectivity index (χ4n) is 1.71. The van der Waals surface area contributed by atoms with E-state index in [1.54, 1.807) is 0 Å². The molecule has 14 heavy (non-hydrogen) atoms. The first-order valence-electron chi connectivity index (χ1n) is 4.76. The van der Waals surface area contributed by atoms with Crippen molar-refractivity contribution in [3.63, 3.8) is 0 Å². The van der Waals surface area contributed by atoms with Crippen molar-refractivity contribution in [2.24, 2.45) is 4.99 Å². The second-order valence-electron chi connectivity index (χ2n) is 3.43. The summed E-state index contributed by atoms with van der Waals surface area (Å²) in [7, 11) is 0. The molecular formula is C13H13N. The Balaban J connectivity index is 2.70. The van der Waals surface area contributed by atoms with Gasteiger partial charge in [0.25, 0.3) is 0 Å². The number of nitrogens with zero attached hydrogens (tertiary/aromatic N) is 1. The molecule has 0 N–H and O–H groups in total. The van der Waals surface area contributed by atoms with Gasteiger partial charge in [0.15, 0.2) is 0 Å². The molecule has 2 aromatic rings. The van der Waals surface area contributed by atoms with Crippen LogP contribution >= 0.6 is 0 Å². The number of aliphatic imine (C=N–C) groups is 1. The average Bonchev–Trinajstić information content (AvgIpc) is 2.27. The van der Waals surface area contributed by atoms with Crippen LogP contribution in [0.2, 0.25) is 0 Å². The van der Waals surface area contributed by atoms with Gasteiger partial charge >= 0.3 is 0 Å². The molecule has 0 aromatic heterocycles. The molecule has 0 amide bonds. The lowest BCUT2D eigenvalue weighted by atomic mass is 10.0. The van der Waals surface area contributed by atoms with E-state index >= 15 is 0 Å². The maximum atomic E-state index is 4.06. The lowest BCUT2D eigenvalue weighted by Gasteiger charge is -2.09. The van der Waals surface area contributed by atoms with E-state index in [0.717, 1.165) is 0 Å². The van der Waals surface area contributed by atoms with Crippen LogP contribution in [0.15, 0.2) is 47.5 Å². The van der Waals surface area contributed by atoms with Crippen molar-refractivity contribution in [3.8, 4) is 0 Å². The molecule has 0 bridgehead atoms. The van der Waals surface area contributed by atoms with Crippen LogP contribution in [0.3, 0.4) is 0 Å². The molecule has 0 fully saturated rings. The average molecular weight is 183 g/mol. The summed E-state index contributed by atoms with van der Waals surface area (Å²) < 4.78 is 0. The van der Waals surface area contributed by atoms with Crippen LogP contribution in [-0.4, -0.2) is 6.72 Å². The van der Waals surface area contributed by atoms with E-state index in [2.05, 4.69) is 61.1 Å². The van der Waals surface area contributed by atoms with Gasteiger partial charge in [0.1, 0.15) is 0 Å². The Morgan fingerprint density at radius 2 is 1.79 bits per heavy atom. The number of fused-ring (bicyclic) bond motifs is 1. The fourth-order valence-corrected chi connectivity index (χ4v) is 1.71. The molecule has 1 unspecified atom stereocenters. The second-order valence-corrected chi connectivity index (χ2v) is 3.43. The highest BCUT2D eigenvalue weighted by molar-refractivity contribution is 5.86. The normalized spacial score (nSPS) is 12.6. The molecule has 0 spiro atoms. The highest BCUT2D eigenvalue weighted by Gasteiger charge is 2.05. The molecule has 1 nitrogen and oxygen atoms in total. The van der Waals surface area contributed by atoms with Crippen molar-refractivity contribution in [3.05, 3.63) is 48.0 Å². The lowest BCUT2D eigenvalue weighted by molar-refractivity contribution is 0.837. The van der Waals surface area contributed by atoms with Crippen LogP contribution in [-0.2, 0) is 0 Å². The van der Waals surface area contributed by atoms with Gasteiger partial charge in [0.05, 0.1) is 6.04 Å². The molecule has 0 saturated carbocycles. The second kappa shape index (κ2) is 3.62. The molecule has 2 aromatic carbocycles. The third-order valence-electron chi connectivity index (χ3n) is 2.55. The molecule has 2 rings (SSSR count). The zero-order valence-electron chi connectivity index (χ0n) is 8.27. The summed E-state index contributed by atoms with van der Waals surface area (Å²) in [6, 6.07) is 14.8. The zero-order valence-corrected chi connectivity index (χ0v) is 8.27. The summed E-state index contributed by atoms with van der Waals surface area (Å²) in [6.45, 7) is 5.66. The minimum absolute atomic E-state index is 0.168. The van der Waals surface area contributed by atoms with Gasteiger partial charge in [-0.15, -0.1) is 0 Å². The van der Waals surface area contributed by atoms with Crippen LogP contribution in [0.25, 0.3) is 10.8 Å². The molecule has 0 heterocycles. The van der Waals surface area contributed by atoms with Crippen molar-refractivity contribution in [1.82, 2.24) is 0 Å². The van der Waals surface area contributed by atoms with Crippen molar-refractivity contribution in [1.29, 1.82) is 0 Å².